The zero-order chi connectivity index (χ0) is 18.8. The van der Waals surface area contributed by atoms with E-state index in [1.807, 2.05) is 59.5 Å². The van der Waals surface area contributed by atoms with Crippen molar-refractivity contribution in [3.63, 3.8) is 0 Å². The molecule has 0 aliphatic carbocycles. The number of aromatic nitrogens is 1. The molecule has 27 heavy (non-hydrogen) atoms. The van der Waals surface area contributed by atoms with E-state index in [1.165, 1.54) is 5.56 Å². The average molecular weight is 359 g/mol. The molecule has 0 spiro atoms. The highest BCUT2D eigenvalue weighted by Gasteiger charge is 2.31. The molecule has 4 rings (SSSR count). The summed E-state index contributed by atoms with van der Waals surface area (Å²) in [6, 6.07) is 19.5. The van der Waals surface area contributed by atoms with Gasteiger partial charge in [0.25, 0.3) is 5.91 Å². The van der Waals surface area contributed by atoms with Crippen LogP contribution in [0.5, 0.6) is 5.75 Å². The van der Waals surface area contributed by atoms with Crippen LogP contribution in [0.2, 0.25) is 0 Å². The number of nitrogens with zero attached hydrogens (tertiary/aromatic N) is 2. The maximum atomic E-state index is 13.0. The second-order valence-electron chi connectivity index (χ2n) is 6.64. The number of carbonyl (C=O) groups excluding carboxylic acids is 1. The van der Waals surface area contributed by atoms with Crippen LogP contribution < -0.4 is 15.0 Å². The van der Waals surface area contributed by atoms with Crippen LogP contribution in [-0.2, 0) is 6.42 Å². The minimum absolute atomic E-state index is 0.0176. The fourth-order valence-corrected chi connectivity index (χ4v) is 3.43. The lowest BCUT2D eigenvalue weighted by molar-refractivity contribution is 0.0981. The number of carbonyl (C=O) groups is 1. The summed E-state index contributed by atoms with van der Waals surface area (Å²) in [7, 11) is 1.64. The number of amides is 1. The molecule has 136 valence electrons. The highest BCUT2D eigenvalue weighted by molar-refractivity contribution is 6.07. The number of ether oxygens (including phenoxy) is 1. The molecule has 5 nitrogen and oxygen atoms in total. The molecule has 3 aromatic rings. The van der Waals surface area contributed by atoms with Crippen LogP contribution >= 0.6 is 0 Å². The topological polar surface area (TPSA) is 54.5 Å². The van der Waals surface area contributed by atoms with Crippen molar-refractivity contribution in [2.75, 3.05) is 17.3 Å². The van der Waals surface area contributed by atoms with Gasteiger partial charge in [-0.1, -0.05) is 18.2 Å². The van der Waals surface area contributed by atoms with Crippen LogP contribution in [0.25, 0.3) is 0 Å². The lowest BCUT2D eigenvalue weighted by atomic mass is 10.1. The Morgan fingerprint density at radius 2 is 1.89 bits per heavy atom. The Balaban J connectivity index is 1.51. The lowest BCUT2D eigenvalue weighted by Crippen LogP contribution is -2.35. The number of hydrogen-bond acceptors (Lipinski definition) is 4. The summed E-state index contributed by atoms with van der Waals surface area (Å²) in [5.74, 6) is 1.47. The number of anilines is 3. The normalized spacial score (nSPS) is 15.3. The Labute approximate surface area is 158 Å². The number of methoxy groups -OCH3 is 1. The molecule has 0 radical (unpaired) electrons. The zero-order valence-electron chi connectivity index (χ0n) is 15.3. The van der Waals surface area contributed by atoms with E-state index in [1.54, 1.807) is 13.3 Å². The van der Waals surface area contributed by atoms with Crippen LogP contribution in [0, 0.1) is 0 Å². The SMILES string of the molecule is COc1ccc(Nc2ccc(C(=O)N3c4ccccc4CC3C)cn2)cc1. The molecule has 1 aliphatic heterocycles. The van der Waals surface area contributed by atoms with Gasteiger partial charge in [-0.3, -0.25) is 4.79 Å². The third-order valence-corrected chi connectivity index (χ3v) is 4.80. The Morgan fingerprint density at radius 1 is 1.11 bits per heavy atom. The highest BCUT2D eigenvalue weighted by atomic mass is 16.5. The molecule has 2 aromatic carbocycles. The van der Waals surface area contributed by atoms with E-state index in [0.717, 1.165) is 23.5 Å². The minimum atomic E-state index is -0.0176. The van der Waals surface area contributed by atoms with Crippen molar-refractivity contribution >= 4 is 23.1 Å². The van der Waals surface area contributed by atoms with E-state index in [4.69, 9.17) is 4.74 Å². The zero-order valence-corrected chi connectivity index (χ0v) is 15.3. The molecule has 0 saturated carbocycles. The molecule has 1 aromatic heterocycles. The van der Waals surface area contributed by atoms with Gasteiger partial charge >= 0.3 is 0 Å². The first-order valence-electron chi connectivity index (χ1n) is 8.94. The number of pyridine rings is 1. The molecule has 1 unspecified atom stereocenters. The van der Waals surface area contributed by atoms with Crippen LogP contribution in [0.3, 0.4) is 0 Å². The third-order valence-electron chi connectivity index (χ3n) is 4.80. The Hall–Kier alpha value is -3.34. The highest BCUT2D eigenvalue weighted by Crippen LogP contribution is 2.33. The second kappa shape index (κ2) is 7.11. The summed E-state index contributed by atoms with van der Waals surface area (Å²) in [4.78, 5) is 19.3. The quantitative estimate of drug-likeness (QED) is 0.749. The van der Waals surface area contributed by atoms with E-state index in [0.29, 0.717) is 11.4 Å². The summed E-state index contributed by atoms with van der Waals surface area (Å²) >= 11 is 0. The molecular formula is C22H21N3O2. The number of rotatable bonds is 4. The van der Waals surface area contributed by atoms with Crippen molar-refractivity contribution in [1.82, 2.24) is 4.98 Å². The number of para-hydroxylation sites is 1. The lowest BCUT2D eigenvalue weighted by Gasteiger charge is -2.22. The number of nitrogens with one attached hydrogen (secondary N) is 1. The monoisotopic (exact) mass is 359 g/mol. The molecule has 2 heterocycles. The molecule has 1 aliphatic rings. The summed E-state index contributed by atoms with van der Waals surface area (Å²) in [5.41, 5.74) is 3.70. The van der Waals surface area contributed by atoms with Crippen LogP contribution in [0.4, 0.5) is 17.2 Å². The molecular weight excluding hydrogens is 338 g/mol. The van der Waals surface area contributed by atoms with Crippen molar-refractivity contribution in [3.05, 3.63) is 78.0 Å². The Bertz CT molecular complexity index is 952. The first-order valence-corrected chi connectivity index (χ1v) is 8.94. The molecule has 1 atom stereocenters. The molecule has 0 bridgehead atoms. The van der Waals surface area contributed by atoms with E-state index >= 15 is 0 Å². The average Bonchev–Trinajstić information content (AvgIpc) is 3.04. The van der Waals surface area contributed by atoms with Crippen molar-refractivity contribution in [2.24, 2.45) is 0 Å². The predicted octanol–water partition coefficient (Wildman–Crippen LogP) is 4.43. The van der Waals surface area contributed by atoms with Gasteiger partial charge < -0.3 is 15.0 Å². The predicted molar refractivity (Wildman–Crippen MR) is 107 cm³/mol. The van der Waals surface area contributed by atoms with E-state index < -0.39 is 0 Å². The molecule has 5 heteroatoms. The van der Waals surface area contributed by atoms with Gasteiger partial charge in [-0.25, -0.2) is 4.98 Å². The fourth-order valence-electron chi connectivity index (χ4n) is 3.43. The van der Waals surface area contributed by atoms with Gasteiger partial charge in [0.15, 0.2) is 0 Å². The molecule has 0 saturated heterocycles. The maximum absolute atomic E-state index is 13.0. The summed E-state index contributed by atoms with van der Waals surface area (Å²) in [6.45, 7) is 2.07. The first-order chi connectivity index (χ1) is 13.2. The minimum Gasteiger partial charge on any atom is -0.497 e. The van der Waals surface area contributed by atoms with Crippen LogP contribution in [-0.4, -0.2) is 24.0 Å². The number of benzene rings is 2. The van der Waals surface area contributed by atoms with Crippen molar-refractivity contribution < 1.29 is 9.53 Å². The largest absolute Gasteiger partial charge is 0.497 e. The number of hydrogen-bond donors (Lipinski definition) is 1. The van der Waals surface area contributed by atoms with Crippen LogP contribution in [0.1, 0.15) is 22.8 Å². The number of fused-ring (bicyclic) bond motifs is 1. The van der Waals surface area contributed by atoms with Gasteiger partial charge in [-0.15, -0.1) is 0 Å². The summed E-state index contributed by atoms with van der Waals surface area (Å²) in [5, 5.41) is 3.22. The molecule has 0 fully saturated rings. The van der Waals surface area contributed by atoms with Gasteiger partial charge in [-0.05, 0) is 61.4 Å². The van der Waals surface area contributed by atoms with Gasteiger partial charge in [0, 0.05) is 23.6 Å². The van der Waals surface area contributed by atoms with Crippen molar-refractivity contribution in [3.8, 4) is 5.75 Å². The maximum Gasteiger partial charge on any atom is 0.260 e. The smallest absolute Gasteiger partial charge is 0.260 e. The van der Waals surface area contributed by atoms with Gasteiger partial charge in [0.1, 0.15) is 11.6 Å². The first kappa shape index (κ1) is 17.1. The van der Waals surface area contributed by atoms with Gasteiger partial charge in [0.2, 0.25) is 0 Å². The summed E-state index contributed by atoms with van der Waals surface area (Å²) < 4.78 is 5.16. The standard InChI is InChI=1S/C22H21N3O2/c1-15-13-16-5-3-4-6-20(16)25(15)22(26)17-7-12-21(23-14-17)24-18-8-10-19(27-2)11-9-18/h3-12,14-15H,13H2,1-2H3,(H,23,24). The Kier molecular flexibility index (Phi) is 4.50. The van der Waals surface area contributed by atoms with Gasteiger partial charge in [0.05, 0.1) is 12.7 Å². The van der Waals surface area contributed by atoms with Gasteiger partial charge in [-0.2, -0.15) is 0 Å². The Morgan fingerprint density at radius 3 is 2.59 bits per heavy atom. The molecule has 1 amide bonds. The van der Waals surface area contributed by atoms with Crippen molar-refractivity contribution in [1.29, 1.82) is 0 Å². The third kappa shape index (κ3) is 3.36. The van der Waals surface area contributed by atoms with E-state index in [-0.39, 0.29) is 11.9 Å². The second-order valence-corrected chi connectivity index (χ2v) is 6.64. The van der Waals surface area contributed by atoms with E-state index in [9.17, 15) is 4.79 Å². The van der Waals surface area contributed by atoms with Crippen molar-refractivity contribution in [2.45, 2.75) is 19.4 Å². The van der Waals surface area contributed by atoms with Crippen LogP contribution in [0.15, 0.2) is 66.9 Å². The fraction of sp³-hybridized carbons (Fsp3) is 0.182. The van der Waals surface area contributed by atoms with E-state index in [2.05, 4.69) is 23.3 Å². The summed E-state index contributed by atoms with van der Waals surface area (Å²) in [6.07, 6.45) is 2.51. The molecule has 1 N–H and O–H groups in total.